The van der Waals surface area contributed by atoms with Crippen LogP contribution in [0.5, 0.6) is 0 Å². The quantitative estimate of drug-likeness (QED) is 0.540. The van der Waals surface area contributed by atoms with Gasteiger partial charge in [-0.15, -0.1) is 0 Å². The number of aliphatic hydroxyl groups excluding tert-OH is 1. The molecule has 0 saturated carbocycles. The second-order valence-corrected chi connectivity index (χ2v) is 5.99. The first kappa shape index (κ1) is 18.3. The number of hydrogen-bond donors (Lipinski definition) is 5. The van der Waals surface area contributed by atoms with Gasteiger partial charge < -0.3 is 15.7 Å². The van der Waals surface area contributed by atoms with Crippen LogP contribution in [-0.4, -0.2) is 35.3 Å². The van der Waals surface area contributed by atoms with Crippen LogP contribution in [0, 0.1) is 5.41 Å². The zero-order chi connectivity index (χ0) is 17.7. The first-order valence-electron chi connectivity index (χ1n) is 7.14. The third-order valence-electron chi connectivity index (χ3n) is 3.17. The molecule has 0 spiro atoms. The molecule has 1 amide bonds. The summed E-state index contributed by atoms with van der Waals surface area (Å²) < 4.78 is 0. The van der Waals surface area contributed by atoms with E-state index in [9.17, 15) is 4.79 Å². The molecule has 128 valence electrons. The van der Waals surface area contributed by atoms with Gasteiger partial charge in [0.2, 0.25) is 5.96 Å². The number of nitrogens with one attached hydrogen (secondary N) is 4. The molecule has 0 radical (unpaired) electrons. The van der Waals surface area contributed by atoms with Crippen LogP contribution in [0.4, 0.5) is 0 Å². The average Bonchev–Trinajstić information content (AvgIpc) is 2.57. The fraction of sp³-hybridized carbons (Fsp3) is 0.267. The topological polar surface area (TPSA) is 110 Å². The van der Waals surface area contributed by atoms with E-state index in [4.69, 9.17) is 33.7 Å². The van der Waals surface area contributed by atoms with Crippen LogP contribution in [0.1, 0.15) is 12.5 Å². The summed E-state index contributed by atoms with van der Waals surface area (Å²) >= 11 is 11.8. The van der Waals surface area contributed by atoms with E-state index in [0.29, 0.717) is 16.6 Å². The van der Waals surface area contributed by atoms with Crippen molar-refractivity contribution in [3.63, 3.8) is 0 Å². The molecule has 7 nitrogen and oxygen atoms in total. The molecule has 0 fully saturated rings. The van der Waals surface area contributed by atoms with Crippen LogP contribution in [0.2, 0.25) is 10.0 Å². The number of aliphatic hydroxyl groups is 1. The Balaban J connectivity index is 2.09. The Morgan fingerprint density at radius 3 is 2.83 bits per heavy atom. The van der Waals surface area contributed by atoms with Crippen molar-refractivity contribution in [3.8, 4) is 0 Å². The van der Waals surface area contributed by atoms with Crippen LogP contribution in [0.3, 0.4) is 0 Å². The van der Waals surface area contributed by atoms with Crippen LogP contribution in [0.15, 0.2) is 35.1 Å². The lowest BCUT2D eigenvalue weighted by Gasteiger charge is -2.18. The number of carbonyl (C=O) groups excluding carboxylic acids is 1. The molecule has 1 atom stereocenters. The number of halogens is 2. The van der Waals surface area contributed by atoms with E-state index in [2.05, 4.69) is 20.9 Å². The molecule has 0 aromatic heterocycles. The fourth-order valence-corrected chi connectivity index (χ4v) is 2.11. The molecule has 1 aliphatic heterocycles. The largest absolute Gasteiger partial charge is 0.394 e. The number of hydrogen-bond acceptors (Lipinski definition) is 6. The van der Waals surface area contributed by atoms with Gasteiger partial charge in [-0.1, -0.05) is 29.3 Å². The van der Waals surface area contributed by atoms with Gasteiger partial charge in [-0.05, 0) is 24.6 Å². The van der Waals surface area contributed by atoms with Gasteiger partial charge in [0, 0.05) is 18.8 Å². The van der Waals surface area contributed by atoms with Crippen molar-refractivity contribution in [2.24, 2.45) is 4.99 Å². The monoisotopic (exact) mass is 369 g/mol. The molecule has 1 heterocycles. The molecule has 2 rings (SSSR count). The second kappa shape index (κ2) is 8.14. The number of amides is 1. The van der Waals surface area contributed by atoms with Crippen molar-refractivity contribution < 1.29 is 9.90 Å². The number of nitrogens with zero attached hydrogens (tertiary/aromatic N) is 1. The lowest BCUT2D eigenvalue weighted by Crippen LogP contribution is -2.47. The van der Waals surface area contributed by atoms with Crippen molar-refractivity contribution in [1.82, 2.24) is 16.0 Å². The molecular weight excluding hydrogens is 353 g/mol. The van der Waals surface area contributed by atoms with Crippen LogP contribution in [0.25, 0.3) is 0 Å². The van der Waals surface area contributed by atoms with Crippen molar-refractivity contribution in [3.05, 3.63) is 45.7 Å². The van der Waals surface area contributed by atoms with Crippen LogP contribution < -0.4 is 16.0 Å². The van der Waals surface area contributed by atoms with E-state index in [1.54, 1.807) is 25.1 Å². The van der Waals surface area contributed by atoms with Gasteiger partial charge in [0.15, 0.2) is 0 Å². The first-order valence-corrected chi connectivity index (χ1v) is 7.90. The molecule has 24 heavy (non-hydrogen) atoms. The molecule has 0 saturated heterocycles. The SMILES string of the molecule is CC(CO)N/C=C1/N=C(NCc2ccc(Cl)c(Cl)c2)NC(=O)C1=N. The van der Waals surface area contributed by atoms with Gasteiger partial charge in [0.1, 0.15) is 11.4 Å². The summed E-state index contributed by atoms with van der Waals surface area (Å²) in [5.74, 6) is -0.335. The summed E-state index contributed by atoms with van der Waals surface area (Å²) in [6.45, 7) is 2.06. The Morgan fingerprint density at radius 1 is 1.42 bits per heavy atom. The highest BCUT2D eigenvalue weighted by molar-refractivity contribution is 6.47. The number of rotatable bonds is 5. The highest BCUT2D eigenvalue weighted by Crippen LogP contribution is 2.22. The number of carbonyl (C=O) groups is 1. The van der Waals surface area contributed by atoms with Gasteiger partial charge in [0.05, 0.1) is 16.7 Å². The van der Waals surface area contributed by atoms with Crippen LogP contribution in [-0.2, 0) is 11.3 Å². The number of guanidine groups is 1. The normalized spacial score (nSPS) is 17.3. The van der Waals surface area contributed by atoms with Gasteiger partial charge in [-0.3, -0.25) is 15.5 Å². The van der Waals surface area contributed by atoms with Gasteiger partial charge in [0.25, 0.3) is 5.91 Å². The number of aliphatic imine (C=N–C) groups is 1. The predicted molar refractivity (Wildman–Crippen MR) is 94.4 cm³/mol. The molecule has 5 N–H and O–H groups in total. The minimum atomic E-state index is -0.564. The molecule has 0 aliphatic carbocycles. The Morgan fingerprint density at radius 2 is 2.17 bits per heavy atom. The van der Waals surface area contributed by atoms with E-state index in [1.807, 2.05) is 0 Å². The maximum Gasteiger partial charge on any atom is 0.278 e. The van der Waals surface area contributed by atoms with Crippen LogP contribution >= 0.6 is 23.2 Å². The van der Waals surface area contributed by atoms with Crippen molar-refractivity contribution >= 4 is 40.8 Å². The molecular formula is C15H17Cl2N5O2. The zero-order valence-electron chi connectivity index (χ0n) is 12.9. The summed E-state index contributed by atoms with van der Waals surface area (Å²) in [5.41, 5.74) is 0.781. The predicted octanol–water partition coefficient (Wildman–Crippen LogP) is 1.40. The highest BCUT2D eigenvalue weighted by atomic mass is 35.5. The van der Waals surface area contributed by atoms with Gasteiger partial charge in [-0.2, -0.15) is 0 Å². The molecule has 0 bridgehead atoms. The summed E-state index contributed by atoms with van der Waals surface area (Å²) in [6.07, 6.45) is 1.43. The van der Waals surface area contributed by atoms with Crippen molar-refractivity contribution in [1.29, 1.82) is 5.41 Å². The third kappa shape index (κ3) is 4.70. The second-order valence-electron chi connectivity index (χ2n) is 5.17. The lowest BCUT2D eigenvalue weighted by molar-refractivity contribution is -0.113. The lowest BCUT2D eigenvalue weighted by atomic mass is 10.2. The van der Waals surface area contributed by atoms with E-state index < -0.39 is 5.91 Å². The Kier molecular flexibility index (Phi) is 6.19. The zero-order valence-corrected chi connectivity index (χ0v) is 14.4. The highest BCUT2D eigenvalue weighted by Gasteiger charge is 2.22. The smallest absolute Gasteiger partial charge is 0.278 e. The van der Waals surface area contributed by atoms with E-state index in [0.717, 1.165) is 5.56 Å². The van der Waals surface area contributed by atoms with Crippen molar-refractivity contribution in [2.45, 2.75) is 19.5 Å². The Bertz CT molecular complexity index is 718. The molecule has 1 aliphatic rings. The van der Waals surface area contributed by atoms with E-state index in [-0.39, 0.29) is 30.0 Å². The Hall–Kier alpha value is -2.09. The first-order chi connectivity index (χ1) is 11.4. The molecule has 1 aromatic rings. The molecule has 9 heteroatoms. The third-order valence-corrected chi connectivity index (χ3v) is 3.91. The van der Waals surface area contributed by atoms with Crippen molar-refractivity contribution in [2.75, 3.05) is 6.61 Å². The Labute approximate surface area is 149 Å². The van der Waals surface area contributed by atoms with Gasteiger partial charge >= 0.3 is 0 Å². The van der Waals surface area contributed by atoms with E-state index in [1.165, 1.54) is 6.20 Å². The van der Waals surface area contributed by atoms with Gasteiger partial charge in [-0.25, -0.2) is 4.99 Å². The summed E-state index contributed by atoms with van der Waals surface area (Å²) in [6, 6.07) is 4.99. The number of benzene rings is 1. The molecule has 1 aromatic carbocycles. The minimum absolute atomic E-state index is 0.0740. The summed E-state index contributed by atoms with van der Waals surface area (Å²) in [7, 11) is 0. The van der Waals surface area contributed by atoms with E-state index >= 15 is 0 Å². The maximum absolute atomic E-state index is 11.8. The molecule has 1 unspecified atom stereocenters. The maximum atomic E-state index is 11.8. The fourth-order valence-electron chi connectivity index (χ4n) is 1.79. The summed E-state index contributed by atoms with van der Waals surface area (Å²) in [4.78, 5) is 16.0. The summed E-state index contributed by atoms with van der Waals surface area (Å²) in [5, 5.41) is 26.0. The standard InChI is InChI=1S/C15H17Cl2N5O2/c1-8(7-23)19-6-12-13(18)14(24)22-15(21-12)20-5-9-2-3-10(16)11(17)4-9/h2-4,6,8,18-19,23H,5,7H2,1H3,(H2,20,21,22,24)/b12-6+,18-13?. The average molecular weight is 370 g/mol. The minimum Gasteiger partial charge on any atom is -0.394 e.